The van der Waals surface area contributed by atoms with Gasteiger partial charge in [-0.15, -0.1) is 0 Å². The first-order chi connectivity index (χ1) is 11.2. The summed E-state index contributed by atoms with van der Waals surface area (Å²) in [6.45, 7) is 2.47. The highest BCUT2D eigenvalue weighted by Crippen LogP contribution is 2.22. The van der Waals surface area contributed by atoms with Gasteiger partial charge >= 0.3 is 0 Å². The van der Waals surface area contributed by atoms with Gasteiger partial charge in [-0.3, -0.25) is 4.79 Å². The van der Waals surface area contributed by atoms with E-state index in [0.29, 0.717) is 19.6 Å². The van der Waals surface area contributed by atoms with Gasteiger partial charge < -0.3 is 15.2 Å². The predicted molar refractivity (Wildman–Crippen MR) is 86.0 cm³/mol. The number of para-hydroxylation sites is 1. The van der Waals surface area contributed by atoms with Crippen molar-refractivity contribution in [3.63, 3.8) is 0 Å². The molecule has 0 aromatic heterocycles. The van der Waals surface area contributed by atoms with Crippen LogP contribution in [0.2, 0.25) is 0 Å². The summed E-state index contributed by atoms with van der Waals surface area (Å²) in [6.07, 6.45) is 0.650. The fraction of sp³-hybridized carbons (Fsp3) is 0.278. The second-order valence-electron chi connectivity index (χ2n) is 5.03. The summed E-state index contributed by atoms with van der Waals surface area (Å²) < 4.78 is 19.0. The number of aliphatic hydroxyl groups is 1. The number of halogens is 1. The molecule has 2 N–H and O–H groups in total. The molecule has 0 fully saturated rings. The van der Waals surface area contributed by atoms with E-state index in [1.165, 1.54) is 12.1 Å². The van der Waals surface area contributed by atoms with Crippen LogP contribution in [0.4, 0.5) is 4.39 Å². The van der Waals surface area contributed by atoms with Crippen molar-refractivity contribution in [1.29, 1.82) is 0 Å². The van der Waals surface area contributed by atoms with E-state index in [4.69, 9.17) is 9.84 Å². The van der Waals surface area contributed by atoms with Gasteiger partial charge in [-0.05, 0) is 36.6 Å². The van der Waals surface area contributed by atoms with Crippen molar-refractivity contribution in [3.05, 3.63) is 65.0 Å². The van der Waals surface area contributed by atoms with Crippen LogP contribution < -0.4 is 10.1 Å². The second kappa shape index (κ2) is 8.29. The fourth-order valence-electron chi connectivity index (χ4n) is 2.21. The zero-order valence-electron chi connectivity index (χ0n) is 13.0. The lowest BCUT2D eigenvalue weighted by atomic mass is 10.1. The van der Waals surface area contributed by atoms with Crippen molar-refractivity contribution < 1.29 is 19.0 Å². The van der Waals surface area contributed by atoms with Gasteiger partial charge in [-0.2, -0.15) is 0 Å². The third-order valence-electron chi connectivity index (χ3n) is 3.41. The Labute approximate surface area is 134 Å². The molecule has 4 nitrogen and oxygen atoms in total. The van der Waals surface area contributed by atoms with Crippen LogP contribution in [0.1, 0.15) is 28.4 Å². The van der Waals surface area contributed by atoms with Crippen LogP contribution in [0.3, 0.4) is 0 Å². The van der Waals surface area contributed by atoms with Crippen molar-refractivity contribution >= 4 is 5.91 Å². The molecule has 0 bridgehead atoms. The molecular formula is C18H20FNO3. The average molecular weight is 317 g/mol. The highest BCUT2D eigenvalue weighted by Gasteiger charge is 2.15. The van der Waals surface area contributed by atoms with Crippen molar-refractivity contribution in [2.75, 3.05) is 13.2 Å². The molecule has 0 saturated heterocycles. The zero-order valence-corrected chi connectivity index (χ0v) is 13.0. The zero-order chi connectivity index (χ0) is 16.7. The number of hydrogen-bond donors (Lipinski definition) is 2. The third kappa shape index (κ3) is 4.53. The van der Waals surface area contributed by atoms with Crippen LogP contribution in [0.5, 0.6) is 5.75 Å². The van der Waals surface area contributed by atoms with E-state index in [1.807, 2.05) is 24.3 Å². The van der Waals surface area contributed by atoms with Gasteiger partial charge in [0.05, 0.1) is 18.8 Å². The van der Waals surface area contributed by atoms with Gasteiger partial charge in [0.2, 0.25) is 0 Å². The Morgan fingerprint density at radius 3 is 2.52 bits per heavy atom. The monoisotopic (exact) mass is 317 g/mol. The molecule has 2 aromatic carbocycles. The lowest BCUT2D eigenvalue weighted by Gasteiger charge is -2.11. The van der Waals surface area contributed by atoms with Gasteiger partial charge in [0.15, 0.2) is 11.6 Å². The molecule has 0 radical (unpaired) electrons. The summed E-state index contributed by atoms with van der Waals surface area (Å²) in [7, 11) is 0. The van der Waals surface area contributed by atoms with E-state index in [-0.39, 0.29) is 23.8 Å². The molecule has 0 spiro atoms. The van der Waals surface area contributed by atoms with E-state index in [9.17, 15) is 9.18 Å². The minimum Gasteiger partial charge on any atom is -0.490 e. The number of hydrogen-bond acceptors (Lipinski definition) is 3. The molecule has 0 aliphatic carbocycles. The summed E-state index contributed by atoms with van der Waals surface area (Å²) in [5, 5.41) is 11.8. The summed E-state index contributed by atoms with van der Waals surface area (Å²) >= 11 is 0. The van der Waals surface area contributed by atoms with Crippen LogP contribution in [0.25, 0.3) is 0 Å². The molecule has 23 heavy (non-hydrogen) atoms. The van der Waals surface area contributed by atoms with Crippen molar-refractivity contribution in [3.8, 4) is 5.75 Å². The molecule has 0 aliphatic heterocycles. The first-order valence-electron chi connectivity index (χ1n) is 7.54. The lowest BCUT2D eigenvalue weighted by molar-refractivity contribution is 0.0949. The van der Waals surface area contributed by atoms with Gasteiger partial charge in [-0.25, -0.2) is 4.39 Å². The molecule has 0 heterocycles. The third-order valence-corrected chi connectivity index (χ3v) is 3.41. The number of aliphatic hydroxyl groups excluding tert-OH is 1. The normalized spacial score (nSPS) is 10.4. The lowest BCUT2D eigenvalue weighted by Crippen LogP contribution is -2.26. The minimum absolute atomic E-state index is 0.0107. The average Bonchev–Trinajstić information content (AvgIpc) is 2.57. The number of benzene rings is 2. The molecule has 0 aliphatic rings. The highest BCUT2D eigenvalue weighted by molar-refractivity contribution is 5.97. The van der Waals surface area contributed by atoms with Crippen LogP contribution in [-0.4, -0.2) is 24.2 Å². The van der Waals surface area contributed by atoms with Gasteiger partial charge in [0, 0.05) is 6.54 Å². The van der Waals surface area contributed by atoms with Gasteiger partial charge in [0.1, 0.15) is 0 Å². The Morgan fingerprint density at radius 1 is 1.17 bits per heavy atom. The van der Waals surface area contributed by atoms with Crippen molar-refractivity contribution in [2.24, 2.45) is 0 Å². The molecule has 0 atom stereocenters. The number of ether oxygens (including phenoxy) is 1. The van der Waals surface area contributed by atoms with E-state index in [1.54, 1.807) is 13.0 Å². The van der Waals surface area contributed by atoms with Crippen LogP contribution in [-0.2, 0) is 13.0 Å². The smallest absolute Gasteiger partial charge is 0.255 e. The molecule has 1 amide bonds. The topological polar surface area (TPSA) is 58.6 Å². The fourth-order valence-corrected chi connectivity index (χ4v) is 2.21. The maximum absolute atomic E-state index is 13.7. The Kier molecular flexibility index (Phi) is 6.11. The highest BCUT2D eigenvalue weighted by atomic mass is 19.1. The largest absolute Gasteiger partial charge is 0.490 e. The first kappa shape index (κ1) is 17.0. The SMILES string of the molecule is CCOc1c(F)cccc1C(=O)NCCc1ccc(CO)cc1. The van der Waals surface area contributed by atoms with Gasteiger partial charge in [0.25, 0.3) is 5.91 Å². The summed E-state index contributed by atoms with van der Waals surface area (Å²) in [5.74, 6) is -0.918. The summed E-state index contributed by atoms with van der Waals surface area (Å²) in [4.78, 5) is 12.2. The Bertz CT molecular complexity index is 656. The van der Waals surface area contributed by atoms with Crippen LogP contribution >= 0.6 is 0 Å². The van der Waals surface area contributed by atoms with Crippen molar-refractivity contribution in [1.82, 2.24) is 5.32 Å². The molecule has 0 unspecified atom stereocenters. The maximum atomic E-state index is 13.7. The number of rotatable bonds is 7. The Balaban J connectivity index is 1.95. The van der Waals surface area contributed by atoms with Gasteiger partial charge in [-0.1, -0.05) is 30.3 Å². The van der Waals surface area contributed by atoms with Crippen LogP contribution in [0.15, 0.2) is 42.5 Å². The molecule has 0 saturated carbocycles. The van der Waals surface area contributed by atoms with E-state index in [2.05, 4.69) is 5.32 Å². The predicted octanol–water partition coefficient (Wildman–Crippen LogP) is 2.69. The molecule has 122 valence electrons. The first-order valence-corrected chi connectivity index (χ1v) is 7.54. The van der Waals surface area contributed by atoms with Crippen LogP contribution in [0, 0.1) is 5.82 Å². The molecule has 2 rings (SSSR count). The maximum Gasteiger partial charge on any atom is 0.255 e. The van der Waals surface area contributed by atoms with Crippen molar-refractivity contribution in [2.45, 2.75) is 20.0 Å². The minimum atomic E-state index is -0.543. The molecular weight excluding hydrogens is 297 g/mol. The number of carbonyl (C=O) groups excluding carboxylic acids is 1. The van der Waals surface area contributed by atoms with E-state index < -0.39 is 5.82 Å². The standard InChI is InChI=1S/C18H20FNO3/c1-2-23-17-15(4-3-5-16(17)19)18(22)20-11-10-13-6-8-14(12-21)9-7-13/h3-9,21H,2,10-12H2,1H3,(H,20,22). The molecule has 2 aromatic rings. The van der Waals surface area contributed by atoms with E-state index in [0.717, 1.165) is 11.1 Å². The number of amides is 1. The Hall–Kier alpha value is -2.40. The summed E-state index contributed by atoms with van der Waals surface area (Å²) in [5.41, 5.74) is 2.09. The summed E-state index contributed by atoms with van der Waals surface area (Å²) in [6, 6.07) is 11.8. The number of nitrogens with one attached hydrogen (secondary N) is 1. The Morgan fingerprint density at radius 2 is 1.87 bits per heavy atom. The quantitative estimate of drug-likeness (QED) is 0.825. The number of carbonyl (C=O) groups is 1. The molecule has 5 heteroatoms. The van der Waals surface area contributed by atoms with E-state index >= 15 is 0 Å². The second-order valence-corrected chi connectivity index (χ2v) is 5.03.